The van der Waals surface area contributed by atoms with Gasteiger partial charge in [0.2, 0.25) is 0 Å². The van der Waals surface area contributed by atoms with Gasteiger partial charge in [0.05, 0.1) is 18.8 Å². The van der Waals surface area contributed by atoms with Crippen molar-refractivity contribution in [3.8, 4) is 0 Å². The largest absolute Gasteiger partial charge is 0.394 e. The lowest BCUT2D eigenvalue weighted by molar-refractivity contribution is 0.267. The summed E-state index contributed by atoms with van der Waals surface area (Å²) in [6.45, 7) is 6.44. The van der Waals surface area contributed by atoms with Gasteiger partial charge in [-0.05, 0) is 38.6 Å². The van der Waals surface area contributed by atoms with Gasteiger partial charge in [-0.15, -0.1) is 0 Å². The molecule has 0 amide bonds. The molecule has 0 bridgehead atoms. The van der Waals surface area contributed by atoms with Crippen LogP contribution in [0.2, 0.25) is 5.02 Å². The molecule has 1 N–H and O–H groups in total. The van der Waals surface area contributed by atoms with Gasteiger partial charge >= 0.3 is 0 Å². The Hall–Kier alpha value is -1.36. The summed E-state index contributed by atoms with van der Waals surface area (Å²) in [6.07, 6.45) is 0. The van der Waals surface area contributed by atoms with E-state index >= 15 is 0 Å². The van der Waals surface area contributed by atoms with Crippen LogP contribution in [0.3, 0.4) is 0 Å². The number of aryl methyl sites for hydroxylation is 1. The van der Waals surface area contributed by atoms with Crippen molar-refractivity contribution in [2.24, 2.45) is 0 Å². The van der Waals surface area contributed by atoms with Crippen LogP contribution >= 0.6 is 11.6 Å². The maximum absolute atomic E-state index is 9.06. The first-order chi connectivity index (χ1) is 10.0. The van der Waals surface area contributed by atoms with Gasteiger partial charge in [-0.1, -0.05) is 23.7 Å². The second kappa shape index (κ2) is 7.07. The van der Waals surface area contributed by atoms with E-state index in [1.165, 1.54) is 11.1 Å². The number of benzene rings is 1. The highest BCUT2D eigenvalue weighted by Gasteiger charge is 2.13. The van der Waals surface area contributed by atoms with Gasteiger partial charge in [0.15, 0.2) is 0 Å². The molecule has 0 saturated heterocycles. The molecular weight excluding hydrogens is 286 g/mol. The number of nitrogens with zero attached hydrogens (tertiary/aromatic N) is 3. The van der Waals surface area contributed by atoms with E-state index in [2.05, 4.69) is 24.0 Å². The van der Waals surface area contributed by atoms with Crippen LogP contribution in [0.4, 0.5) is 0 Å². The van der Waals surface area contributed by atoms with E-state index in [-0.39, 0.29) is 6.61 Å². The summed E-state index contributed by atoms with van der Waals surface area (Å²) in [7, 11) is 2.09. The van der Waals surface area contributed by atoms with Gasteiger partial charge in [-0.3, -0.25) is 9.58 Å². The second-order valence-corrected chi connectivity index (χ2v) is 5.83. The van der Waals surface area contributed by atoms with E-state index in [0.29, 0.717) is 6.54 Å². The van der Waals surface area contributed by atoms with Crippen LogP contribution in [0.5, 0.6) is 0 Å². The Kier molecular flexibility index (Phi) is 5.39. The molecule has 0 fully saturated rings. The minimum absolute atomic E-state index is 0.113. The Balaban J connectivity index is 2.05. The monoisotopic (exact) mass is 307 g/mol. The predicted octanol–water partition coefficient (Wildman–Crippen LogP) is 2.78. The molecule has 0 saturated carbocycles. The zero-order chi connectivity index (χ0) is 15.4. The molecule has 0 atom stereocenters. The SMILES string of the molecule is Cc1nn(CCO)c(C)c1CN(C)Cc1ccc(Cl)cc1. The van der Waals surface area contributed by atoms with Crippen LogP contribution < -0.4 is 0 Å². The Morgan fingerprint density at radius 3 is 2.48 bits per heavy atom. The molecular formula is C16H22ClN3O. The summed E-state index contributed by atoms with van der Waals surface area (Å²) in [5, 5.41) is 14.3. The van der Waals surface area contributed by atoms with Crippen molar-refractivity contribution in [3.05, 3.63) is 51.8 Å². The highest BCUT2D eigenvalue weighted by Crippen LogP contribution is 2.17. The van der Waals surface area contributed by atoms with Gasteiger partial charge in [0.25, 0.3) is 0 Å². The molecule has 0 spiro atoms. The molecule has 1 aromatic heterocycles. The summed E-state index contributed by atoms with van der Waals surface area (Å²) < 4.78 is 1.88. The van der Waals surface area contributed by atoms with E-state index in [1.54, 1.807) is 0 Å². The maximum Gasteiger partial charge on any atom is 0.0644 e. The van der Waals surface area contributed by atoms with E-state index in [9.17, 15) is 0 Å². The van der Waals surface area contributed by atoms with Crippen LogP contribution in [0.15, 0.2) is 24.3 Å². The molecule has 0 aliphatic rings. The van der Waals surface area contributed by atoms with Crippen molar-refractivity contribution >= 4 is 11.6 Å². The standard InChI is InChI=1S/C16H22ClN3O/c1-12-16(13(2)20(18-12)8-9-21)11-19(3)10-14-4-6-15(17)7-5-14/h4-7,21H,8-11H2,1-3H3. The van der Waals surface area contributed by atoms with Gasteiger partial charge < -0.3 is 5.11 Å². The minimum Gasteiger partial charge on any atom is -0.394 e. The molecule has 21 heavy (non-hydrogen) atoms. The summed E-state index contributed by atoms with van der Waals surface area (Å²) in [5.41, 5.74) is 4.63. The van der Waals surface area contributed by atoms with Crippen molar-refractivity contribution < 1.29 is 5.11 Å². The summed E-state index contributed by atoms with van der Waals surface area (Å²) in [4.78, 5) is 2.25. The number of rotatable bonds is 6. The van der Waals surface area contributed by atoms with E-state index in [1.807, 2.05) is 35.9 Å². The summed E-state index contributed by atoms with van der Waals surface area (Å²) in [5.74, 6) is 0. The zero-order valence-corrected chi connectivity index (χ0v) is 13.6. The first kappa shape index (κ1) is 16.0. The zero-order valence-electron chi connectivity index (χ0n) is 12.8. The van der Waals surface area contributed by atoms with Crippen LogP contribution in [0, 0.1) is 13.8 Å². The van der Waals surface area contributed by atoms with Crippen LogP contribution in [-0.4, -0.2) is 33.4 Å². The maximum atomic E-state index is 9.06. The van der Waals surface area contributed by atoms with Crippen molar-refractivity contribution in [2.45, 2.75) is 33.5 Å². The molecule has 0 radical (unpaired) electrons. The van der Waals surface area contributed by atoms with Crippen LogP contribution in [-0.2, 0) is 19.6 Å². The normalized spacial score (nSPS) is 11.3. The van der Waals surface area contributed by atoms with Crippen molar-refractivity contribution in [2.75, 3.05) is 13.7 Å². The third kappa shape index (κ3) is 4.06. The van der Waals surface area contributed by atoms with Crippen molar-refractivity contribution in [3.63, 3.8) is 0 Å². The molecule has 2 aromatic rings. The van der Waals surface area contributed by atoms with Gasteiger partial charge in [0.1, 0.15) is 0 Å². The van der Waals surface area contributed by atoms with E-state index in [4.69, 9.17) is 16.7 Å². The Morgan fingerprint density at radius 2 is 1.86 bits per heavy atom. The number of hydrogen-bond donors (Lipinski definition) is 1. The first-order valence-electron chi connectivity index (χ1n) is 7.08. The minimum atomic E-state index is 0.113. The lowest BCUT2D eigenvalue weighted by Gasteiger charge is -2.17. The molecule has 0 aliphatic carbocycles. The topological polar surface area (TPSA) is 41.3 Å². The Labute approximate surface area is 131 Å². The number of aliphatic hydroxyl groups excluding tert-OH is 1. The number of aliphatic hydroxyl groups is 1. The van der Waals surface area contributed by atoms with Crippen LogP contribution in [0.1, 0.15) is 22.5 Å². The first-order valence-corrected chi connectivity index (χ1v) is 7.45. The fourth-order valence-corrected chi connectivity index (χ4v) is 2.63. The molecule has 1 aromatic carbocycles. The van der Waals surface area contributed by atoms with Crippen LogP contribution in [0.25, 0.3) is 0 Å². The fraction of sp³-hybridized carbons (Fsp3) is 0.438. The smallest absolute Gasteiger partial charge is 0.0644 e. The molecule has 0 unspecified atom stereocenters. The van der Waals surface area contributed by atoms with E-state index in [0.717, 1.165) is 29.5 Å². The fourth-order valence-electron chi connectivity index (χ4n) is 2.50. The van der Waals surface area contributed by atoms with Crippen molar-refractivity contribution in [1.82, 2.24) is 14.7 Å². The summed E-state index contributed by atoms with van der Waals surface area (Å²) in [6, 6.07) is 7.93. The second-order valence-electron chi connectivity index (χ2n) is 5.39. The highest BCUT2D eigenvalue weighted by atomic mass is 35.5. The van der Waals surface area contributed by atoms with E-state index < -0.39 is 0 Å². The van der Waals surface area contributed by atoms with Gasteiger partial charge in [0, 0.05) is 29.4 Å². The molecule has 5 heteroatoms. The molecule has 1 heterocycles. The average Bonchev–Trinajstić information content (AvgIpc) is 2.70. The summed E-state index contributed by atoms with van der Waals surface area (Å²) >= 11 is 5.91. The lowest BCUT2D eigenvalue weighted by Crippen LogP contribution is -2.18. The average molecular weight is 308 g/mol. The number of hydrogen-bond acceptors (Lipinski definition) is 3. The Bertz CT molecular complexity index is 592. The lowest BCUT2D eigenvalue weighted by atomic mass is 10.1. The number of halogens is 1. The molecule has 0 aliphatic heterocycles. The third-order valence-electron chi connectivity index (χ3n) is 3.64. The molecule has 2 rings (SSSR count). The predicted molar refractivity (Wildman–Crippen MR) is 85.4 cm³/mol. The molecule has 4 nitrogen and oxygen atoms in total. The quantitative estimate of drug-likeness (QED) is 0.892. The van der Waals surface area contributed by atoms with Gasteiger partial charge in [-0.25, -0.2) is 0 Å². The Morgan fingerprint density at radius 1 is 1.19 bits per heavy atom. The molecule has 114 valence electrons. The number of aromatic nitrogens is 2. The third-order valence-corrected chi connectivity index (χ3v) is 3.89. The highest BCUT2D eigenvalue weighted by molar-refractivity contribution is 6.30. The van der Waals surface area contributed by atoms with Crippen molar-refractivity contribution in [1.29, 1.82) is 0 Å². The van der Waals surface area contributed by atoms with Gasteiger partial charge in [-0.2, -0.15) is 5.10 Å².